The van der Waals surface area contributed by atoms with E-state index in [1.54, 1.807) is 0 Å². The van der Waals surface area contributed by atoms with Crippen molar-refractivity contribution < 1.29 is 4.74 Å². The Morgan fingerprint density at radius 1 is 1.14 bits per heavy atom. The first kappa shape index (κ1) is 15.3. The average molecular weight is 291 g/mol. The average Bonchev–Trinajstić information content (AvgIpc) is 3.10. The third-order valence-corrected chi connectivity index (χ3v) is 5.75. The summed E-state index contributed by atoms with van der Waals surface area (Å²) in [6, 6.07) is 2.41. The van der Waals surface area contributed by atoms with E-state index >= 15 is 0 Å². The molecular weight excluding hydrogens is 262 g/mol. The zero-order valence-corrected chi connectivity index (χ0v) is 13.6. The third-order valence-electron chi connectivity index (χ3n) is 5.75. The minimum atomic E-state index is -0.330. The molecule has 3 fully saturated rings. The highest BCUT2D eigenvalue weighted by atomic mass is 16.5. The van der Waals surface area contributed by atoms with Crippen molar-refractivity contribution in [2.45, 2.75) is 69.6 Å². The monoisotopic (exact) mass is 291 g/mol. The molecule has 2 saturated heterocycles. The number of ether oxygens (including phenoxy) is 1. The van der Waals surface area contributed by atoms with Crippen molar-refractivity contribution in [3.05, 3.63) is 0 Å². The van der Waals surface area contributed by atoms with E-state index in [4.69, 9.17) is 4.74 Å². The molecule has 1 saturated carbocycles. The molecule has 3 rings (SSSR count). The first-order valence-electron chi connectivity index (χ1n) is 8.60. The van der Waals surface area contributed by atoms with E-state index in [2.05, 4.69) is 15.9 Å². The lowest BCUT2D eigenvalue weighted by atomic mass is 9.98. The summed E-state index contributed by atoms with van der Waals surface area (Å²) in [5.74, 6) is 0. The molecule has 0 bridgehead atoms. The molecule has 0 aromatic carbocycles. The fourth-order valence-electron chi connectivity index (χ4n) is 4.26. The van der Waals surface area contributed by atoms with E-state index in [-0.39, 0.29) is 11.1 Å². The van der Waals surface area contributed by atoms with Gasteiger partial charge in [-0.1, -0.05) is 12.8 Å². The van der Waals surface area contributed by atoms with Gasteiger partial charge in [0.05, 0.1) is 17.8 Å². The van der Waals surface area contributed by atoms with E-state index in [0.717, 1.165) is 32.7 Å². The predicted molar refractivity (Wildman–Crippen MR) is 83.0 cm³/mol. The minimum Gasteiger partial charge on any atom is -0.370 e. The number of nitrogens with zero attached hydrogens (tertiary/aromatic N) is 3. The van der Waals surface area contributed by atoms with Crippen LogP contribution in [0.2, 0.25) is 0 Å². The number of piperazine rings is 1. The molecule has 4 heteroatoms. The topological polar surface area (TPSA) is 39.5 Å². The first-order chi connectivity index (χ1) is 10.0. The maximum atomic E-state index is 9.23. The van der Waals surface area contributed by atoms with Crippen molar-refractivity contribution in [1.29, 1.82) is 5.26 Å². The Labute approximate surface area is 129 Å². The molecule has 0 N–H and O–H groups in total. The first-order valence-corrected chi connectivity index (χ1v) is 8.60. The Kier molecular flexibility index (Phi) is 4.27. The normalized spacial score (nSPS) is 30.8. The molecular formula is C17H29N3O. The standard InChI is InChI=1S/C17H29N3O/c1-16(2,14-18)20-11-9-19(10-12-20)13-15-5-8-17(21-15)6-3-4-7-17/h15H,3-13H2,1-2H3. The van der Waals surface area contributed by atoms with Gasteiger partial charge >= 0.3 is 0 Å². The Bertz CT molecular complexity index is 401. The number of nitriles is 1. The van der Waals surface area contributed by atoms with Gasteiger partial charge in [-0.25, -0.2) is 0 Å². The maximum absolute atomic E-state index is 9.23. The van der Waals surface area contributed by atoms with E-state index in [0.29, 0.717) is 6.10 Å². The van der Waals surface area contributed by atoms with Crippen molar-refractivity contribution in [2.75, 3.05) is 32.7 Å². The van der Waals surface area contributed by atoms with E-state index in [1.165, 1.54) is 38.5 Å². The van der Waals surface area contributed by atoms with Gasteiger partial charge in [-0.05, 0) is 39.5 Å². The summed E-state index contributed by atoms with van der Waals surface area (Å²) in [5.41, 5.74) is -0.0703. The van der Waals surface area contributed by atoms with E-state index in [1.807, 2.05) is 13.8 Å². The van der Waals surface area contributed by atoms with Crippen LogP contribution in [0.15, 0.2) is 0 Å². The Morgan fingerprint density at radius 3 is 2.43 bits per heavy atom. The van der Waals surface area contributed by atoms with Crippen LogP contribution in [-0.2, 0) is 4.74 Å². The van der Waals surface area contributed by atoms with Crippen LogP contribution in [0.3, 0.4) is 0 Å². The van der Waals surface area contributed by atoms with Crippen molar-refractivity contribution >= 4 is 0 Å². The van der Waals surface area contributed by atoms with Crippen LogP contribution < -0.4 is 0 Å². The van der Waals surface area contributed by atoms with Crippen molar-refractivity contribution in [1.82, 2.24) is 9.80 Å². The Hall–Kier alpha value is -0.630. The molecule has 1 atom stereocenters. The summed E-state index contributed by atoms with van der Waals surface area (Å²) in [4.78, 5) is 4.83. The van der Waals surface area contributed by atoms with Gasteiger partial charge < -0.3 is 4.74 Å². The third kappa shape index (κ3) is 3.26. The van der Waals surface area contributed by atoms with Crippen LogP contribution in [0.5, 0.6) is 0 Å². The Balaban J connectivity index is 1.45. The summed E-state index contributed by atoms with van der Waals surface area (Å²) in [6.45, 7) is 9.26. The molecule has 1 spiro atoms. The molecule has 1 unspecified atom stereocenters. The summed E-state index contributed by atoms with van der Waals surface area (Å²) in [7, 11) is 0. The molecule has 21 heavy (non-hydrogen) atoms. The van der Waals surface area contributed by atoms with Crippen molar-refractivity contribution in [3.8, 4) is 6.07 Å². The van der Waals surface area contributed by atoms with Crippen LogP contribution in [-0.4, -0.2) is 59.8 Å². The van der Waals surface area contributed by atoms with Crippen LogP contribution in [0.1, 0.15) is 52.4 Å². The highest BCUT2D eigenvalue weighted by Gasteiger charge is 2.42. The molecule has 4 nitrogen and oxygen atoms in total. The summed E-state index contributed by atoms with van der Waals surface area (Å²) < 4.78 is 6.42. The molecule has 2 aliphatic heterocycles. The highest BCUT2D eigenvalue weighted by Crippen LogP contribution is 2.43. The van der Waals surface area contributed by atoms with Crippen LogP contribution in [0.25, 0.3) is 0 Å². The zero-order valence-electron chi connectivity index (χ0n) is 13.6. The number of rotatable bonds is 3. The zero-order chi connectivity index (χ0) is 14.9. The van der Waals surface area contributed by atoms with Crippen molar-refractivity contribution in [2.24, 2.45) is 0 Å². The smallest absolute Gasteiger partial charge is 0.103 e. The highest BCUT2D eigenvalue weighted by molar-refractivity contribution is 5.03. The predicted octanol–water partition coefficient (Wildman–Crippen LogP) is 2.40. The minimum absolute atomic E-state index is 0.259. The lowest BCUT2D eigenvalue weighted by Crippen LogP contribution is -2.55. The van der Waals surface area contributed by atoms with Gasteiger partial charge in [0, 0.05) is 32.7 Å². The summed E-state index contributed by atoms with van der Waals surface area (Å²) >= 11 is 0. The number of hydrogen-bond donors (Lipinski definition) is 0. The second-order valence-corrected chi connectivity index (χ2v) is 7.63. The molecule has 0 amide bonds. The number of hydrogen-bond acceptors (Lipinski definition) is 4. The second kappa shape index (κ2) is 5.87. The van der Waals surface area contributed by atoms with Crippen LogP contribution >= 0.6 is 0 Å². The Morgan fingerprint density at radius 2 is 1.81 bits per heavy atom. The summed E-state index contributed by atoms with van der Waals surface area (Å²) in [6.07, 6.45) is 8.24. The molecule has 2 heterocycles. The molecule has 118 valence electrons. The van der Waals surface area contributed by atoms with Gasteiger partial charge in [0.2, 0.25) is 0 Å². The van der Waals surface area contributed by atoms with Gasteiger partial charge in [0.25, 0.3) is 0 Å². The van der Waals surface area contributed by atoms with E-state index < -0.39 is 0 Å². The largest absolute Gasteiger partial charge is 0.370 e. The lowest BCUT2D eigenvalue weighted by molar-refractivity contribution is -0.0527. The van der Waals surface area contributed by atoms with Crippen molar-refractivity contribution in [3.63, 3.8) is 0 Å². The van der Waals surface area contributed by atoms with Crippen LogP contribution in [0, 0.1) is 11.3 Å². The van der Waals surface area contributed by atoms with Gasteiger partial charge in [-0.15, -0.1) is 0 Å². The lowest BCUT2D eigenvalue weighted by Gasteiger charge is -2.41. The second-order valence-electron chi connectivity index (χ2n) is 7.63. The molecule has 3 aliphatic rings. The maximum Gasteiger partial charge on any atom is 0.103 e. The molecule has 1 aliphatic carbocycles. The SMILES string of the molecule is CC(C)(C#N)N1CCN(CC2CCC3(CCCC3)O2)CC1. The van der Waals surface area contributed by atoms with Gasteiger partial charge in [-0.2, -0.15) is 5.26 Å². The van der Waals surface area contributed by atoms with Gasteiger partial charge in [0.1, 0.15) is 5.54 Å². The molecule has 0 aromatic rings. The van der Waals surface area contributed by atoms with Gasteiger partial charge in [-0.3, -0.25) is 9.80 Å². The molecule has 0 aromatic heterocycles. The fraction of sp³-hybridized carbons (Fsp3) is 0.941. The van der Waals surface area contributed by atoms with Crippen LogP contribution in [0.4, 0.5) is 0 Å². The quantitative estimate of drug-likeness (QED) is 0.800. The molecule has 0 radical (unpaired) electrons. The van der Waals surface area contributed by atoms with Gasteiger partial charge in [0.15, 0.2) is 0 Å². The summed E-state index contributed by atoms with van der Waals surface area (Å²) in [5, 5.41) is 9.23. The fourth-order valence-corrected chi connectivity index (χ4v) is 4.26. The van der Waals surface area contributed by atoms with E-state index in [9.17, 15) is 5.26 Å².